The second-order valence-electron chi connectivity index (χ2n) is 7.22. The Balaban J connectivity index is 1.33. The fourth-order valence-electron chi connectivity index (χ4n) is 3.69. The Kier molecular flexibility index (Phi) is 6.07. The van der Waals surface area contributed by atoms with E-state index in [0.29, 0.717) is 32.8 Å². The minimum absolute atomic E-state index is 0.190. The minimum Gasteiger partial charge on any atom is -0.443 e. The number of nitrogens with zero attached hydrogens (tertiary/aromatic N) is 2. The van der Waals surface area contributed by atoms with Crippen molar-refractivity contribution in [2.75, 3.05) is 42.6 Å². The molecule has 7 heteroatoms. The van der Waals surface area contributed by atoms with Crippen LogP contribution in [-0.4, -0.2) is 57.4 Å². The highest BCUT2D eigenvalue weighted by Crippen LogP contribution is 2.26. The summed E-state index contributed by atoms with van der Waals surface area (Å²) in [6.07, 6.45) is 0.392. The summed E-state index contributed by atoms with van der Waals surface area (Å²) >= 11 is 0. The van der Waals surface area contributed by atoms with E-state index in [4.69, 9.17) is 9.47 Å². The number of carbonyl (C=O) groups excluding carboxylic acids is 2. The zero-order valence-electron chi connectivity index (χ0n) is 16.2. The molecule has 1 amide bonds. The third kappa shape index (κ3) is 4.58. The summed E-state index contributed by atoms with van der Waals surface area (Å²) in [6.45, 7) is 3.52. The molecule has 0 saturated carbocycles. The first-order valence-corrected chi connectivity index (χ1v) is 9.87. The van der Waals surface area contributed by atoms with Crippen LogP contribution in [0.25, 0.3) is 0 Å². The average molecular weight is 395 g/mol. The fourth-order valence-corrected chi connectivity index (χ4v) is 3.69. The van der Waals surface area contributed by atoms with Crippen LogP contribution in [0.4, 0.5) is 16.2 Å². The Hall–Kier alpha value is -2.90. The maximum Gasteiger partial charge on any atom is 0.414 e. The van der Waals surface area contributed by atoms with E-state index in [0.717, 1.165) is 24.2 Å². The Morgan fingerprint density at radius 3 is 2.59 bits per heavy atom. The molecular formula is C22H25N3O4. The van der Waals surface area contributed by atoms with Gasteiger partial charge in [-0.15, -0.1) is 0 Å². The number of aldehydes is 1. The van der Waals surface area contributed by atoms with Gasteiger partial charge in [-0.05, 0) is 29.8 Å². The molecule has 2 fully saturated rings. The summed E-state index contributed by atoms with van der Waals surface area (Å²) in [6, 6.07) is 17.5. The molecule has 7 nitrogen and oxygen atoms in total. The lowest BCUT2D eigenvalue weighted by Crippen LogP contribution is -2.46. The van der Waals surface area contributed by atoms with Crippen molar-refractivity contribution in [1.29, 1.82) is 0 Å². The Labute approximate surface area is 170 Å². The predicted molar refractivity (Wildman–Crippen MR) is 110 cm³/mol. The van der Waals surface area contributed by atoms with Crippen molar-refractivity contribution >= 4 is 23.8 Å². The van der Waals surface area contributed by atoms with Crippen LogP contribution in [-0.2, 0) is 20.8 Å². The number of rotatable bonds is 7. The largest absolute Gasteiger partial charge is 0.443 e. The molecule has 2 aliphatic heterocycles. The van der Waals surface area contributed by atoms with E-state index in [2.05, 4.69) is 17.4 Å². The van der Waals surface area contributed by atoms with E-state index in [1.54, 1.807) is 4.90 Å². The van der Waals surface area contributed by atoms with Crippen molar-refractivity contribution in [3.63, 3.8) is 0 Å². The van der Waals surface area contributed by atoms with Crippen LogP contribution in [0.2, 0.25) is 0 Å². The summed E-state index contributed by atoms with van der Waals surface area (Å²) in [7, 11) is 0. The molecule has 1 N–H and O–H groups in total. The van der Waals surface area contributed by atoms with E-state index >= 15 is 0 Å². The molecule has 2 atom stereocenters. The van der Waals surface area contributed by atoms with Gasteiger partial charge < -0.3 is 24.5 Å². The second kappa shape index (κ2) is 9.07. The van der Waals surface area contributed by atoms with Gasteiger partial charge in [0.1, 0.15) is 18.4 Å². The molecule has 4 rings (SSSR count). The van der Waals surface area contributed by atoms with Gasteiger partial charge in [0, 0.05) is 31.0 Å². The first-order chi connectivity index (χ1) is 14.2. The highest BCUT2D eigenvalue weighted by molar-refractivity contribution is 5.90. The summed E-state index contributed by atoms with van der Waals surface area (Å²) in [5, 5.41) is 3.34. The third-order valence-electron chi connectivity index (χ3n) is 5.23. The van der Waals surface area contributed by atoms with Gasteiger partial charge in [0.15, 0.2) is 0 Å². The van der Waals surface area contributed by atoms with Gasteiger partial charge in [0.2, 0.25) is 0 Å². The van der Waals surface area contributed by atoms with Gasteiger partial charge in [0.05, 0.1) is 19.8 Å². The molecule has 0 aromatic heterocycles. The third-order valence-corrected chi connectivity index (χ3v) is 5.23. The SMILES string of the molecule is O=C[C@@H]1COCCN1c1ccc(N2CC(CNCc3ccccc3)OC2=O)cc1. The van der Waals surface area contributed by atoms with Crippen LogP contribution < -0.4 is 15.1 Å². The number of hydrogen-bond acceptors (Lipinski definition) is 6. The Morgan fingerprint density at radius 2 is 1.83 bits per heavy atom. The van der Waals surface area contributed by atoms with E-state index < -0.39 is 0 Å². The molecule has 2 aromatic rings. The number of morpholine rings is 1. The molecule has 2 aliphatic rings. The van der Waals surface area contributed by atoms with Gasteiger partial charge in [-0.2, -0.15) is 0 Å². The number of anilines is 2. The lowest BCUT2D eigenvalue weighted by Gasteiger charge is -2.34. The van der Waals surface area contributed by atoms with Crippen LogP contribution in [0, 0.1) is 0 Å². The normalized spacial score (nSPS) is 21.9. The molecular weight excluding hydrogens is 370 g/mol. The monoisotopic (exact) mass is 395 g/mol. The number of cyclic esters (lactones) is 1. The van der Waals surface area contributed by atoms with Crippen LogP contribution in [0.5, 0.6) is 0 Å². The molecule has 0 bridgehead atoms. The van der Waals surface area contributed by atoms with E-state index in [-0.39, 0.29) is 18.2 Å². The second-order valence-corrected chi connectivity index (χ2v) is 7.22. The van der Waals surface area contributed by atoms with Crippen LogP contribution in [0.1, 0.15) is 5.56 Å². The first kappa shape index (κ1) is 19.4. The Bertz CT molecular complexity index is 828. The highest BCUT2D eigenvalue weighted by Gasteiger charge is 2.32. The molecule has 29 heavy (non-hydrogen) atoms. The molecule has 0 spiro atoms. The van der Waals surface area contributed by atoms with Gasteiger partial charge in [-0.3, -0.25) is 4.90 Å². The summed E-state index contributed by atoms with van der Waals surface area (Å²) in [5.41, 5.74) is 2.93. The zero-order valence-corrected chi connectivity index (χ0v) is 16.2. The van der Waals surface area contributed by atoms with Crippen molar-refractivity contribution in [3.05, 3.63) is 60.2 Å². The first-order valence-electron chi connectivity index (χ1n) is 9.87. The van der Waals surface area contributed by atoms with Gasteiger partial charge >= 0.3 is 6.09 Å². The molecule has 1 unspecified atom stereocenters. The smallest absolute Gasteiger partial charge is 0.414 e. The number of hydrogen-bond donors (Lipinski definition) is 1. The molecule has 152 valence electrons. The quantitative estimate of drug-likeness (QED) is 0.725. The number of ether oxygens (including phenoxy) is 2. The van der Waals surface area contributed by atoms with Gasteiger partial charge in [-0.1, -0.05) is 30.3 Å². The number of amides is 1. The zero-order chi connectivity index (χ0) is 20.1. The summed E-state index contributed by atoms with van der Waals surface area (Å²) < 4.78 is 10.9. The standard InChI is InChI=1S/C22H25N3O4/c26-15-20-16-28-11-10-24(20)18-6-8-19(9-7-18)25-14-21(29-22(25)27)13-23-12-17-4-2-1-3-5-17/h1-9,15,20-21,23H,10-14,16H2/t20-,21?/m1/s1. The van der Waals surface area contributed by atoms with E-state index in [1.165, 1.54) is 5.56 Å². The summed E-state index contributed by atoms with van der Waals surface area (Å²) in [5.74, 6) is 0. The molecule has 2 heterocycles. The predicted octanol–water partition coefficient (Wildman–Crippen LogP) is 2.21. The van der Waals surface area contributed by atoms with Gasteiger partial charge in [-0.25, -0.2) is 4.79 Å². The summed E-state index contributed by atoms with van der Waals surface area (Å²) in [4.78, 5) is 27.3. The fraction of sp³-hybridized carbons (Fsp3) is 0.364. The highest BCUT2D eigenvalue weighted by atomic mass is 16.6. The van der Waals surface area contributed by atoms with Crippen molar-refractivity contribution in [3.8, 4) is 0 Å². The van der Waals surface area contributed by atoms with Crippen LogP contribution >= 0.6 is 0 Å². The van der Waals surface area contributed by atoms with Crippen molar-refractivity contribution in [1.82, 2.24) is 5.32 Å². The van der Waals surface area contributed by atoms with E-state index in [9.17, 15) is 9.59 Å². The van der Waals surface area contributed by atoms with E-state index in [1.807, 2.05) is 47.4 Å². The van der Waals surface area contributed by atoms with Crippen molar-refractivity contribution in [2.24, 2.45) is 0 Å². The maximum absolute atomic E-state index is 12.3. The number of nitrogens with one attached hydrogen (secondary N) is 1. The van der Waals surface area contributed by atoms with Crippen LogP contribution in [0.15, 0.2) is 54.6 Å². The maximum atomic E-state index is 12.3. The number of carbonyl (C=O) groups is 2. The molecule has 2 saturated heterocycles. The molecule has 2 aromatic carbocycles. The number of benzene rings is 2. The average Bonchev–Trinajstić information content (AvgIpc) is 3.15. The van der Waals surface area contributed by atoms with Gasteiger partial charge in [0.25, 0.3) is 0 Å². The lowest BCUT2D eigenvalue weighted by atomic mass is 10.2. The minimum atomic E-state index is -0.332. The van der Waals surface area contributed by atoms with Crippen molar-refractivity contribution in [2.45, 2.75) is 18.7 Å². The Morgan fingerprint density at radius 1 is 1.07 bits per heavy atom. The molecule has 0 aliphatic carbocycles. The van der Waals surface area contributed by atoms with Crippen molar-refractivity contribution < 1.29 is 19.1 Å². The lowest BCUT2D eigenvalue weighted by molar-refractivity contribution is -0.111. The molecule has 0 radical (unpaired) electrons. The topological polar surface area (TPSA) is 71.1 Å². The van der Waals surface area contributed by atoms with Crippen LogP contribution in [0.3, 0.4) is 0 Å².